The van der Waals surface area contributed by atoms with Crippen LogP contribution in [0.1, 0.15) is 0 Å². The second-order valence-electron chi connectivity index (χ2n) is 4.61. The summed E-state index contributed by atoms with van der Waals surface area (Å²) in [6, 6.07) is 10.4. The molecular formula is C13H21N2O2+. The maximum Gasteiger partial charge on any atom is 0.126 e. The number of nitrogens with zero attached hydrogens (tertiary/aromatic N) is 1. The summed E-state index contributed by atoms with van der Waals surface area (Å²) in [4.78, 5) is 3.74. The number of aliphatic hydroxyl groups excluding tert-OH is 2. The number of aliphatic hydroxyl groups is 2. The van der Waals surface area contributed by atoms with E-state index < -0.39 is 6.10 Å². The lowest BCUT2D eigenvalue weighted by molar-refractivity contribution is -0.903. The quantitative estimate of drug-likeness (QED) is 0.613. The van der Waals surface area contributed by atoms with Gasteiger partial charge in [-0.25, -0.2) is 0 Å². The highest BCUT2D eigenvalue weighted by Gasteiger charge is 2.21. The first kappa shape index (κ1) is 12.4. The second kappa shape index (κ2) is 6.00. The van der Waals surface area contributed by atoms with E-state index in [4.69, 9.17) is 5.11 Å². The van der Waals surface area contributed by atoms with E-state index in [1.807, 2.05) is 6.07 Å². The molecule has 1 fully saturated rings. The number of quaternary nitrogens is 1. The van der Waals surface area contributed by atoms with Crippen molar-refractivity contribution < 1.29 is 15.1 Å². The van der Waals surface area contributed by atoms with Crippen LogP contribution in [-0.4, -0.2) is 55.6 Å². The van der Waals surface area contributed by atoms with Crippen LogP contribution in [0.15, 0.2) is 30.3 Å². The molecule has 0 bridgehead atoms. The Bertz CT molecular complexity index is 323. The van der Waals surface area contributed by atoms with Crippen molar-refractivity contribution in [3.63, 3.8) is 0 Å². The van der Waals surface area contributed by atoms with Gasteiger partial charge < -0.3 is 20.0 Å². The van der Waals surface area contributed by atoms with Crippen LogP contribution in [0.5, 0.6) is 0 Å². The van der Waals surface area contributed by atoms with Crippen LogP contribution in [0, 0.1) is 0 Å². The van der Waals surface area contributed by atoms with Crippen molar-refractivity contribution in [1.82, 2.24) is 0 Å². The van der Waals surface area contributed by atoms with Gasteiger partial charge in [-0.1, -0.05) is 18.2 Å². The smallest absolute Gasteiger partial charge is 0.126 e. The van der Waals surface area contributed by atoms with Gasteiger partial charge in [-0.2, -0.15) is 0 Å². The third-order valence-electron chi connectivity index (χ3n) is 3.33. The molecule has 94 valence electrons. The van der Waals surface area contributed by atoms with E-state index in [2.05, 4.69) is 29.2 Å². The van der Waals surface area contributed by atoms with Crippen LogP contribution < -0.4 is 9.80 Å². The van der Waals surface area contributed by atoms with Crippen molar-refractivity contribution in [2.24, 2.45) is 0 Å². The zero-order valence-corrected chi connectivity index (χ0v) is 10.0. The average molecular weight is 237 g/mol. The normalized spacial score (nSPS) is 19.3. The molecule has 4 heteroatoms. The molecule has 2 rings (SSSR count). The number of hydrogen-bond acceptors (Lipinski definition) is 3. The molecule has 0 aliphatic carbocycles. The van der Waals surface area contributed by atoms with Crippen LogP contribution in [0.25, 0.3) is 0 Å². The Morgan fingerprint density at radius 3 is 2.41 bits per heavy atom. The third kappa shape index (κ3) is 3.43. The predicted molar refractivity (Wildman–Crippen MR) is 67.3 cm³/mol. The van der Waals surface area contributed by atoms with Gasteiger partial charge in [-0.3, -0.25) is 0 Å². The van der Waals surface area contributed by atoms with E-state index in [1.54, 1.807) is 0 Å². The Morgan fingerprint density at radius 1 is 1.18 bits per heavy atom. The van der Waals surface area contributed by atoms with Crippen LogP contribution in [0.3, 0.4) is 0 Å². The first-order valence-electron chi connectivity index (χ1n) is 6.22. The van der Waals surface area contributed by atoms with Gasteiger partial charge in [0.1, 0.15) is 12.6 Å². The van der Waals surface area contributed by atoms with Gasteiger partial charge in [-0.05, 0) is 12.1 Å². The maximum absolute atomic E-state index is 9.41. The molecular weight excluding hydrogens is 216 g/mol. The molecule has 1 aromatic rings. The predicted octanol–water partition coefficient (Wildman–Crippen LogP) is -1.26. The molecule has 1 heterocycles. The van der Waals surface area contributed by atoms with Crippen molar-refractivity contribution in [1.29, 1.82) is 0 Å². The Morgan fingerprint density at radius 2 is 1.82 bits per heavy atom. The molecule has 4 nitrogen and oxygen atoms in total. The van der Waals surface area contributed by atoms with Crippen LogP contribution in [-0.2, 0) is 0 Å². The van der Waals surface area contributed by atoms with Gasteiger partial charge in [0.25, 0.3) is 0 Å². The molecule has 1 atom stereocenters. The van der Waals surface area contributed by atoms with Crippen LogP contribution >= 0.6 is 0 Å². The minimum Gasteiger partial charge on any atom is -0.393 e. The fraction of sp³-hybridized carbons (Fsp3) is 0.538. The minimum atomic E-state index is -0.576. The van der Waals surface area contributed by atoms with Crippen molar-refractivity contribution in [2.75, 3.05) is 44.2 Å². The highest BCUT2D eigenvalue weighted by molar-refractivity contribution is 5.45. The summed E-state index contributed by atoms with van der Waals surface area (Å²) in [5, 5.41) is 18.2. The lowest BCUT2D eigenvalue weighted by Crippen LogP contribution is -3.16. The van der Waals surface area contributed by atoms with Crippen molar-refractivity contribution in [3.05, 3.63) is 30.3 Å². The van der Waals surface area contributed by atoms with Gasteiger partial charge in [0, 0.05) is 5.69 Å². The van der Waals surface area contributed by atoms with E-state index in [0.29, 0.717) is 6.54 Å². The summed E-state index contributed by atoms with van der Waals surface area (Å²) >= 11 is 0. The van der Waals surface area contributed by atoms with Crippen LogP contribution in [0.2, 0.25) is 0 Å². The van der Waals surface area contributed by atoms with E-state index in [0.717, 1.165) is 26.2 Å². The number of nitrogens with one attached hydrogen (secondary N) is 1. The largest absolute Gasteiger partial charge is 0.393 e. The molecule has 0 amide bonds. The molecule has 1 saturated heterocycles. The number of para-hydroxylation sites is 1. The highest BCUT2D eigenvalue weighted by Crippen LogP contribution is 2.12. The van der Waals surface area contributed by atoms with Crippen molar-refractivity contribution in [3.8, 4) is 0 Å². The molecule has 17 heavy (non-hydrogen) atoms. The molecule has 1 aromatic carbocycles. The standard InChI is InChI=1S/C13H20N2O2/c16-11-13(17)10-14-6-8-15(9-7-14)12-4-2-1-3-5-12/h1-5,13,16-17H,6-11H2/p+1/t13-/m1/s1. The summed E-state index contributed by atoms with van der Waals surface area (Å²) in [5.41, 5.74) is 1.27. The SMILES string of the molecule is OC[C@H](O)C[NH+]1CCN(c2ccccc2)CC1. The van der Waals surface area contributed by atoms with Gasteiger partial charge in [0.05, 0.1) is 32.8 Å². The van der Waals surface area contributed by atoms with Gasteiger partial charge >= 0.3 is 0 Å². The molecule has 0 radical (unpaired) electrons. The topological polar surface area (TPSA) is 48.1 Å². The zero-order chi connectivity index (χ0) is 12.1. The summed E-state index contributed by atoms with van der Waals surface area (Å²) in [7, 11) is 0. The Labute approximate surface area is 102 Å². The summed E-state index contributed by atoms with van der Waals surface area (Å²) < 4.78 is 0. The zero-order valence-electron chi connectivity index (χ0n) is 10.0. The van der Waals surface area contributed by atoms with Crippen molar-refractivity contribution >= 4 is 5.69 Å². The number of benzene rings is 1. The molecule has 0 unspecified atom stereocenters. The third-order valence-corrected chi connectivity index (χ3v) is 3.33. The van der Waals surface area contributed by atoms with E-state index in [-0.39, 0.29) is 6.61 Å². The molecule has 0 spiro atoms. The lowest BCUT2D eigenvalue weighted by Gasteiger charge is -2.34. The van der Waals surface area contributed by atoms with Gasteiger partial charge in [0.2, 0.25) is 0 Å². The fourth-order valence-electron chi connectivity index (χ4n) is 2.32. The second-order valence-corrected chi connectivity index (χ2v) is 4.61. The first-order chi connectivity index (χ1) is 8.29. The number of piperazine rings is 1. The van der Waals surface area contributed by atoms with Crippen LogP contribution in [0.4, 0.5) is 5.69 Å². The molecule has 0 aromatic heterocycles. The average Bonchev–Trinajstić information content (AvgIpc) is 2.40. The molecule has 1 aliphatic rings. The van der Waals surface area contributed by atoms with E-state index >= 15 is 0 Å². The maximum atomic E-state index is 9.41. The fourth-order valence-corrected chi connectivity index (χ4v) is 2.32. The first-order valence-corrected chi connectivity index (χ1v) is 6.22. The summed E-state index contributed by atoms with van der Waals surface area (Å²) in [6.07, 6.45) is -0.576. The monoisotopic (exact) mass is 237 g/mol. The Kier molecular flexibility index (Phi) is 4.36. The molecule has 3 N–H and O–H groups in total. The minimum absolute atomic E-state index is 0.133. The highest BCUT2D eigenvalue weighted by atomic mass is 16.3. The van der Waals surface area contributed by atoms with Gasteiger partial charge in [-0.15, -0.1) is 0 Å². The lowest BCUT2D eigenvalue weighted by atomic mass is 10.2. The Hall–Kier alpha value is -1.10. The summed E-state index contributed by atoms with van der Waals surface area (Å²) in [5.74, 6) is 0. The number of hydrogen-bond donors (Lipinski definition) is 3. The number of anilines is 1. The van der Waals surface area contributed by atoms with Crippen molar-refractivity contribution in [2.45, 2.75) is 6.10 Å². The van der Waals surface area contributed by atoms with Gasteiger partial charge in [0.15, 0.2) is 0 Å². The Balaban J connectivity index is 1.82. The number of rotatable bonds is 4. The molecule has 1 aliphatic heterocycles. The van der Waals surface area contributed by atoms with E-state index in [1.165, 1.54) is 10.6 Å². The summed E-state index contributed by atoms with van der Waals surface area (Å²) in [6.45, 7) is 4.58. The van der Waals surface area contributed by atoms with E-state index in [9.17, 15) is 5.11 Å². The molecule has 0 saturated carbocycles.